The Bertz CT molecular complexity index is 575. The minimum absolute atomic E-state index is 0.380. The third-order valence-electron chi connectivity index (χ3n) is 3.42. The van der Waals surface area contributed by atoms with E-state index in [1.807, 2.05) is 0 Å². The molecule has 5 nitrogen and oxygen atoms in total. The molecule has 2 N–H and O–H groups in total. The van der Waals surface area contributed by atoms with E-state index in [4.69, 9.17) is 20.5 Å². The van der Waals surface area contributed by atoms with Crippen molar-refractivity contribution < 1.29 is 9.47 Å². The van der Waals surface area contributed by atoms with Crippen LogP contribution < -0.4 is 5.73 Å². The van der Waals surface area contributed by atoms with Crippen LogP contribution in [-0.4, -0.2) is 19.0 Å². The normalized spacial score (nSPS) is 24.4. The zero-order chi connectivity index (χ0) is 12.8. The minimum Gasteiger partial charge on any atom is -0.389 e. The molecule has 2 aliphatic rings. The van der Waals surface area contributed by atoms with E-state index in [1.54, 1.807) is 0 Å². The number of hydrogen-bond acceptors (Lipinski definition) is 6. The summed E-state index contributed by atoms with van der Waals surface area (Å²) in [5, 5.41) is 18.9. The molecule has 0 amide bonds. The number of thiophene rings is 1. The Morgan fingerprint density at radius 3 is 2.67 bits per heavy atom. The van der Waals surface area contributed by atoms with Gasteiger partial charge in [0.2, 0.25) is 0 Å². The maximum atomic E-state index is 9.30. The van der Waals surface area contributed by atoms with E-state index >= 15 is 0 Å². The van der Waals surface area contributed by atoms with Gasteiger partial charge in [-0.25, -0.2) is 0 Å². The summed E-state index contributed by atoms with van der Waals surface area (Å²) in [6.45, 7) is 1.11. The lowest BCUT2D eigenvalue weighted by Gasteiger charge is -2.33. The molecular formula is C12H11N3O2S. The monoisotopic (exact) mass is 261 g/mol. The van der Waals surface area contributed by atoms with Crippen molar-refractivity contribution in [3.8, 4) is 12.1 Å². The third kappa shape index (κ3) is 1.51. The van der Waals surface area contributed by atoms with Crippen LogP contribution in [-0.2, 0) is 15.9 Å². The van der Waals surface area contributed by atoms with Gasteiger partial charge in [0.05, 0.1) is 30.8 Å². The number of rotatable bonds is 0. The molecule has 0 bridgehead atoms. The van der Waals surface area contributed by atoms with Gasteiger partial charge in [-0.3, -0.25) is 0 Å². The lowest BCUT2D eigenvalue weighted by Crippen LogP contribution is -2.38. The number of ether oxygens (including phenoxy) is 2. The van der Waals surface area contributed by atoms with E-state index < -0.39 is 5.79 Å². The van der Waals surface area contributed by atoms with Crippen molar-refractivity contribution in [2.75, 3.05) is 18.9 Å². The highest BCUT2D eigenvalue weighted by Crippen LogP contribution is 2.47. The molecule has 1 saturated heterocycles. The van der Waals surface area contributed by atoms with Crippen molar-refractivity contribution in [1.82, 2.24) is 0 Å². The minimum atomic E-state index is -0.683. The first-order chi connectivity index (χ1) is 8.69. The van der Waals surface area contributed by atoms with Crippen LogP contribution in [0.4, 0.5) is 5.00 Å². The highest BCUT2D eigenvalue weighted by atomic mass is 32.1. The Balaban J connectivity index is 2.10. The lowest BCUT2D eigenvalue weighted by atomic mass is 9.82. The fraction of sp³-hybridized carbons (Fsp3) is 0.500. The maximum Gasteiger partial charge on any atom is 0.174 e. The van der Waals surface area contributed by atoms with E-state index in [1.165, 1.54) is 11.3 Å². The van der Waals surface area contributed by atoms with Crippen molar-refractivity contribution in [1.29, 1.82) is 10.5 Å². The van der Waals surface area contributed by atoms with E-state index in [0.29, 0.717) is 36.6 Å². The van der Waals surface area contributed by atoms with E-state index in [2.05, 4.69) is 12.1 Å². The van der Waals surface area contributed by atoms with E-state index in [0.717, 1.165) is 10.4 Å². The number of anilines is 1. The van der Waals surface area contributed by atoms with Gasteiger partial charge in [-0.05, 0) is 0 Å². The summed E-state index contributed by atoms with van der Waals surface area (Å²) >= 11 is 1.37. The van der Waals surface area contributed by atoms with Crippen molar-refractivity contribution in [2.45, 2.75) is 24.5 Å². The standard InChI is InChI=1S/C12H11N3O2S/c13-5-7-3-12(16-1-2-17-12)4-9-10(7)8(6-14)11(15)18-9/h7H,1-4,15H2. The van der Waals surface area contributed by atoms with E-state index in [-0.39, 0.29) is 5.92 Å². The number of nitrogens with two attached hydrogens (primary N) is 1. The first-order valence-electron chi connectivity index (χ1n) is 5.68. The van der Waals surface area contributed by atoms with Crippen LogP contribution in [0.25, 0.3) is 0 Å². The Labute approximate surface area is 108 Å². The Kier molecular flexibility index (Phi) is 2.53. The molecule has 1 aliphatic carbocycles. The number of nitriles is 2. The van der Waals surface area contributed by atoms with Gasteiger partial charge < -0.3 is 15.2 Å². The second kappa shape index (κ2) is 3.96. The molecule has 1 aromatic rings. The van der Waals surface area contributed by atoms with Crippen LogP contribution in [0.2, 0.25) is 0 Å². The van der Waals surface area contributed by atoms with Crippen molar-refractivity contribution in [3.63, 3.8) is 0 Å². The fourth-order valence-electron chi connectivity index (χ4n) is 2.68. The van der Waals surface area contributed by atoms with Crippen LogP contribution in [0.1, 0.15) is 28.3 Å². The van der Waals surface area contributed by atoms with Gasteiger partial charge in [-0.15, -0.1) is 11.3 Å². The number of fused-ring (bicyclic) bond motifs is 1. The quantitative estimate of drug-likeness (QED) is 0.764. The molecule has 0 radical (unpaired) electrons. The first-order valence-corrected chi connectivity index (χ1v) is 6.49. The molecule has 1 fully saturated rings. The molecule has 0 saturated carbocycles. The largest absolute Gasteiger partial charge is 0.389 e. The molecule has 6 heteroatoms. The molecule has 1 atom stereocenters. The number of nitrogen functional groups attached to an aromatic ring is 1. The topological polar surface area (TPSA) is 92.1 Å². The predicted octanol–water partition coefficient (Wildman–Crippen LogP) is 1.50. The molecule has 1 spiro atoms. The molecule has 18 heavy (non-hydrogen) atoms. The zero-order valence-electron chi connectivity index (χ0n) is 9.60. The second-order valence-electron chi connectivity index (χ2n) is 4.46. The molecule has 0 aromatic carbocycles. The Morgan fingerprint density at radius 2 is 2.06 bits per heavy atom. The van der Waals surface area contributed by atoms with Crippen molar-refractivity contribution in [3.05, 3.63) is 16.0 Å². The van der Waals surface area contributed by atoms with Crippen LogP contribution >= 0.6 is 11.3 Å². The highest BCUT2D eigenvalue weighted by molar-refractivity contribution is 7.16. The first kappa shape index (κ1) is 11.5. The molecule has 1 aromatic heterocycles. The number of hydrogen-bond donors (Lipinski definition) is 1. The number of nitrogens with zero attached hydrogens (tertiary/aromatic N) is 2. The summed E-state index contributed by atoms with van der Waals surface area (Å²) in [7, 11) is 0. The molecule has 1 aliphatic heterocycles. The summed E-state index contributed by atoms with van der Waals surface area (Å²) in [6.07, 6.45) is 1.05. The summed E-state index contributed by atoms with van der Waals surface area (Å²) in [6, 6.07) is 4.34. The average Bonchev–Trinajstić information content (AvgIpc) is 2.92. The predicted molar refractivity (Wildman–Crippen MR) is 64.8 cm³/mol. The Hall–Kier alpha value is -1.60. The van der Waals surface area contributed by atoms with Crippen LogP contribution in [0.5, 0.6) is 0 Å². The Morgan fingerprint density at radius 1 is 1.33 bits per heavy atom. The summed E-state index contributed by atoms with van der Waals surface area (Å²) in [4.78, 5) is 0.948. The molecule has 3 rings (SSSR count). The zero-order valence-corrected chi connectivity index (χ0v) is 10.4. The van der Waals surface area contributed by atoms with Gasteiger partial charge in [-0.1, -0.05) is 0 Å². The van der Waals surface area contributed by atoms with Crippen LogP contribution in [0.15, 0.2) is 0 Å². The third-order valence-corrected chi connectivity index (χ3v) is 4.46. The van der Waals surface area contributed by atoms with Crippen molar-refractivity contribution >= 4 is 16.3 Å². The fourth-order valence-corrected chi connectivity index (χ4v) is 3.85. The lowest BCUT2D eigenvalue weighted by molar-refractivity contribution is -0.165. The molecular weight excluding hydrogens is 250 g/mol. The van der Waals surface area contributed by atoms with Gasteiger partial charge in [0.15, 0.2) is 5.79 Å². The highest BCUT2D eigenvalue weighted by Gasteiger charge is 2.46. The van der Waals surface area contributed by atoms with Gasteiger partial charge in [0, 0.05) is 23.3 Å². The van der Waals surface area contributed by atoms with Crippen molar-refractivity contribution in [2.24, 2.45) is 0 Å². The summed E-state index contributed by atoms with van der Waals surface area (Å²) in [5.41, 5.74) is 7.08. The van der Waals surface area contributed by atoms with Gasteiger partial charge >= 0.3 is 0 Å². The molecule has 1 unspecified atom stereocenters. The summed E-state index contributed by atoms with van der Waals surface area (Å²) < 4.78 is 11.3. The SMILES string of the molecule is N#Cc1c(N)sc2c1C(C#N)CC1(C2)OCCO1. The molecule has 2 heterocycles. The van der Waals surface area contributed by atoms with E-state index in [9.17, 15) is 5.26 Å². The smallest absolute Gasteiger partial charge is 0.174 e. The van der Waals surface area contributed by atoms with Gasteiger partial charge in [0.25, 0.3) is 0 Å². The second-order valence-corrected chi connectivity index (χ2v) is 5.60. The van der Waals surface area contributed by atoms with Crippen LogP contribution in [0, 0.1) is 22.7 Å². The maximum absolute atomic E-state index is 9.30. The molecule has 92 valence electrons. The van der Waals surface area contributed by atoms with Gasteiger partial charge in [-0.2, -0.15) is 10.5 Å². The van der Waals surface area contributed by atoms with Crippen LogP contribution in [0.3, 0.4) is 0 Å². The van der Waals surface area contributed by atoms with Gasteiger partial charge in [0.1, 0.15) is 11.1 Å². The average molecular weight is 261 g/mol. The summed E-state index contributed by atoms with van der Waals surface area (Å²) in [5.74, 6) is -1.06.